The van der Waals surface area contributed by atoms with Crippen LogP contribution in [0, 0.1) is 5.82 Å². The van der Waals surface area contributed by atoms with E-state index >= 15 is 0 Å². The molecule has 0 aliphatic carbocycles. The molecule has 0 unspecified atom stereocenters. The highest BCUT2D eigenvalue weighted by molar-refractivity contribution is 5.68. The summed E-state index contributed by atoms with van der Waals surface area (Å²) in [6.45, 7) is 3.62. The minimum atomic E-state index is -0.271. The molecule has 1 fully saturated rings. The summed E-state index contributed by atoms with van der Waals surface area (Å²) in [5.74, 6) is -0.271. The van der Waals surface area contributed by atoms with Crippen molar-refractivity contribution < 1.29 is 9.18 Å². The Balaban J connectivity index is 1.50. The Kier molecular flexibility index (Phi) is 6.00. The van der Waals surface area contributed by atoms with Crippen LogP contribution in [0.2, 0.25) is 0 Å². The van der Waals surface area contributed by atoms with Crippen LogP contribution < -0.4 is 0 Å². The van der Waals surface area contributed by atoms with Crippen LogP contribution in [0.15, 0.2) is 85.1 Å². The largest absolute Gasteiger partial charge is 0.343 e. The molecule has 0 bridgehead atoms. The van der Waals surface area contributed by atoms with Gasteiger partial charge in [-0.3, -0.25) is 9.69 Å². The molecule has 0 atom stereocenters. The molecule has 0 N–H and O–H groups in total. The van der Waals surface area contributed by atoms with Crippen LogP contribution in [0.4, 0.5) is 4.39 Å². The summed E-state index contributed by atoms with van der Waals surface area (Å²) in [6.07, 6.45) is 2.73. The summed E-state index contributed by atoms with van der Waals surface area (Å²) in [5, 5.41) is 4.66. The summed E-state index contributed by atoms with van der Waals surface area (Å²) in [6, 6.07) is 25.2. The summed E-state index contributed by atoms with van der Waals surface area (Å²) < 4.78 is 16.7. The molecule has 0 radical (unpaired) electrons. The third-order valence-electron chi connectivity index (χ3n) is 6.14. The second-order valence-corrected chi connectivity index (χ2v) is 8.24. The van der Waals surface area contributed by atoms with Crippen LogP contribution >= 0.6 is 0 Å². The zero-order valence-electron chi connectivity index (χ0n) is 18.3. The van der Waals surface area contributed by atoms with Crippen LogP contribution in [0.5, 0.6) is 0 Å². The Bertz CT molecular complexity index is 1230. The maximum Gasteiger partial charge on any atom is 0.209 e. The maximum absolute atomic E-state index is 14.9. The molecule has 0 saturated carbocycles. The van der Waals surface area contributed by atoms with E-state index in [9.17, 15) is 9.18 Å². The van der Waals surface area contributed by atoms with Gasteiger partial charge in [-0.15, -0.1) is 0 Å². The second kappa shape index (κ2) is 9.38. The number of piperazine rings is 1. The molecule has 0 spiro atoms. The molecule has 166 valence electrons. The fourth-order valence-electron chi connectivity index (χ4n) is 4.33. The molecule has 1 aliphatic heterocycles. The van der Waals surface area contributed by atoms with E-state index in [2.05, 4.69) is 34.3 Å². The highest BCUT2D eigenvalue weighted by Gasteiger charge is 2.22. The van der Waals surface area contributed by atoms with Gasteiger partial charge in [0.1, 0.15) is 5.82 Å². The number of halogens is 1. The number of amides is 1. The number of hydrogen-bond acceptors (Lipinski definition) is 3. The summed E-state index contributed by atoms with van der Waals surface area (Å²) in [5.41, 5.74) is 5.40. The minimum absolute atomic E-state index is 0.271. The minimum Gasteiger partial charge on any atom is -0.343 e. The highest BCUT2D eigenvalue weighted by Crippen LogP contribution is 2.31. The summed E-state index contributed by atoms with van der Waals surface area (Å²) >= 11 is 0. The van der Waals surface area contributed by atoms with Crippen molar-refractivity contribution in [3.63, 3.8) is 0 Å². The van der Waals surface area contributed by atoms with E-state index in [4.69, 9.17) is 0 Å². The van der Waals surface area contributed by atoms with Gasteiger partial charge in [0.25, 0.3) is 0 Å². The van der Waals surface area contributed by atoms with Crippen molar-refractivity contribution in [3.05, 3.63) is 96.4 Å². The van der Waals surface area contributed by atoms with Crippen LogP contribution in [-0.2, 0) is 11.3 Å². The predicted octanol–water partition coefficient (Wildman–Crippen LogP) is 4.62. The van der Waals surface area contributed by atoms with Gasteiger partial charge in [0, 0.05) is 43.9 Å². The van der Waals surface area contributed by atoms with Crippen molar-refractivity contribution in [3.8, 4) is 28.1 Å². The van der Waals surface area contributed by atoms with Gasteiger partial charge >= 0.3 is 0 Å². The molecule has 3 aromatic carbocycles. The van der Waals surface area contributed by atoms with Crippen LogP contribution in [0.25, 0.3) is 28.1 Å². The van der Waals surface area contributed by atoms with Crippen LogP contribution in [0.3, 0.4) is 0 Å². The van der Waals surface area contributed by atoms with E-state index in [-0.39, 0.29) is 5.82 Å². The van der Waals surface area contributed by atoms with Crippen LogP contribution in [0.1, 0.15) is 5.56 Å². The lowest BCUT2D eigenvalue weighted by Crippen LogP contribution is -2.45. The molecule has 1 aliphatic rings. The van der Waals surface area contributed by atoms with Gasteiger partial charge in [0.2, 0.25) is 6.41 Å². The van der Waals surface area contributed by atoms with Gasteiger partial charge in [-0.25, -0.2) is 9.07 Å². The van der Waals surface area contributed by atoms with Crippen molar-refractivity contribution in [1.82, 2.24) is 19.6 Å². The first-order chi connectivity index (χ1) is 16.2. The Morgan fingerprint density at radius 1 is 0.818 bits per heavy atom. The number of carbonyl (C=O) groups excluding carboxylic acids is 1. The Labute approximate surface area is 192 Å². The summed E-state index contributed by atoms with van der Waals surface area (Å²) in [7, 11) is 0. The Morgan fingerprint density at radius 3 is 2.18 bits per heavy atom. The van der Waals surface area contributed by atoms with E-state index in [1.165, 1.54) is 6.07 Å². The third-order valence-corrected chi connectivity index (χ3v) is 6.14. The average Bonchev–Trinajstić information content (AvgIpc) is 3.28. The highest BCUT2D eigenvalue weighted by atomic mass is 19.1. The van der Waals surface area contributed by atoms with Gasteiger partial charge in [-0.2, -0.15) is 5.10 Å². The Morgan fingerprint density at radius 2 is 1.48 bits per heavy atom. The Hall–Kier alpha value is -3.77. The van der Waals surface area contributed by atoms with E-state index in [1.807, 2.05) is 47.3 Å². The number of rotatable bonds is 6. The number of aromatic nitrogens is 2. The molecule has 2 heterocycles. The smallest absolute Gasteiger partial charge is 0.209 e. The monoisotopic (exact) mass is 440 g/mol. The first-order valence-corrected chi connectivity index (χ1v) is 11.1. The molecule has 6 heteroatoms. The number of benzene rings is 3. The molecule has 1 amide bonds. The molecule has 5 rings (SSSR count). The number of hydrogen-bond donors (Lipinski definition) is 0. The van der Waals surface area contributed by atoms with Gasteiger partial charge in [-0.05, 0) is 35.4 Å². The quantitative estimate of drug-likeness (QED) is 0.411. The lowest BCUT2D eigenvalue weighted by molar-refractivity contribution is -0.119. The molecule has 1 saturated heterocycles. The molecular formula is C27H25FN4O. The van der Waals surface area contributed by atoms with Crippen molar-refractivity contribution in [1.29, 1.82) is 0 Å². The predicted molar refractivity (Wildman–Crippen MR) is 127 cm³/mol. The molecule has 33 heavy (non-hydrogen) atoms. The van der Waals surface area contributed by atoms with Crippen molar-refractivity contribution in [2.75, 3.05) is 26.2 Å². The third kappa shape index (κ3) is 4.43. The number of nitrogens with zero attached hydrogens (tertiary/aromatic N) is 4. The fourth-order valence-corrected chi connectivity index (χ4v) is 4.33. The SMILES string of the molecule is O=CN1CCN(Cc2cnn(-c3ccc(-c4ccccc4)cc3)c2-c2ccccc2F)CC1. The van der Waals surface area contributed by atoms with Crippen LogP contribution in [-0.4, -0.2) is 52.2 Å². The van der Waals surface area contributed by atoms with E-state index in [0.29, 0.717) is 25.2 Å². The first-order valence-electron chi connectivity index (χ1n) is 11.1. The fraction of sp³-hybridized carbons (Fsp3) is 0.185. The molecule has 1 aromatic heterocycles. The van der Waals surface area contributed by atoms with E-state index < -0.39 is 0 Å². The standard InChI is InChI=1S/C27H25FN4O/c28-26-9-5-4-8-25(26)27-23(19-30-14-16-31(20-33)17-15-30)18-29-32(27)24-12-10-22(11-13-24)21-6-2-1-3-7-21/h1-13,18,20H,14-17,19H2. The zero-order valence-corrected chi connectivity index (χ0v) is 18.3. The van der Waals surface area contributed by atoms with Gasteiger partial charge < -0.3 is 4.90 Å². The normalized spacial score (nSPS) is 14.4. The summed E-state index contributed by atoms with van der Waals surface area (Å²) in [4.78, 5) is 15.1. The van der Waals surface area contributed by atoms with E-state index in [0.717, 1.165) is 47.6 Å². The van der Waals surface area contributed by atoms with Gasteiger partial charge in [0.15, 0.2) is 0 Å². The zero-order chi connectivity index (χ0) is 22.6. The molecule has 4 aromatic rings. The maximum atomic E-state index is 14.9. The lowest BCUT2D eigenvalue weighted by atomic mass is 10.0. The van der Waals surface area contributed by atoms with Crippen molar-refractivity contribution >= 4 is 6.41 Å². The molecule has 5 nitrogen and oxygen atoms in total. The molecular weight excluding hydrogens is 415 g/mol. The van der Waals surface area contributed by atoms with Crippen molar-refractivity contribution in [2.45, 2.75) is 6.54 Å². The average molecular weight is 441 g/mol. The van der Waals surface area contributed by atoms with E-state index in [1.54, 1.807) is 17.0 Å². The van der Waals surface area contributed by atoms with Gasteiger partial charge in [-0.1, -0.05) is 54.6 Å². The lowest BCUT2D eigenvalue weighted by Gasteiger charge is -2.32. The van der Waals surface area contributed by atoms with Gasteiger partial charge in [0.05, 0.1) is 17.6 Å². The first kappa shape index (κ1) is 21.1. The second-order valence-electron chi connectivity index (χ2n) is 8.24. The number of carbonyl (C=O) groups is 1. The topological polar surface area (TPSA) is 41.4 Å². The van der Waals surface area contributed by atoms with Crippen molar-refractivity contribution in [2.24, 2.45) is 0 Å².